The van der Waals surface area contributed by atoms with E-state index in [0.717, 1.165) is 11.1 Å². The Balaban J connectivity index is 1.83. The Bertz CT molecular complexity index is 946. The molecule has 0 heterocycles. The standard InChI is InChI=1S/C24H25NO5/c1-25-22(24(27)28)23(26)19-12-13-20(29-15-17-8-4-2-5-9-17)21(14-19)30-16-18-10-6-3-7-11-18/h2-14,22-23,25-26H,15-16H2,1H3,(H,27,28)/t22-,23?/m0/s1. The number of aliphatic hydroxyl groups excluding tert-OH is 1. The molecule has 6 heteroatoms. The van der Waals surface area contributed by atoms with E-state index in [-0.39, 0.29) is 0 Å². The third-order valence-electron chi connectivity index (χ3n) is 4.68. The first-order chi connectivity index (χ1) is 14.6. The molecule has 0 aliphatic heterocycles. The molecule has 6 nitrogen and oxygen atoms in total. The summed E-state index contributed by atoms with van der Waals surface area (Å²) in [5.41, 5.74) is 2.42. The minimum absolute atomic E-state index is 0.316. The van der Waals surface area contributed by atoms with Gasteiger partial charge in [-0.3, -0.25) is 4.79 Å². The number of rotatable bonds is 10. The number of carboxylic acids is 1. The number of aliphatic hydroxyl groups is 1. The fraction of sp³-hybridized carbons (Fsp3) is 0.208. The van der Waals surface area contributed by atoms with E-state index in [1.807, 2.05) is 60.7 Å². The molecule has 3 N–H and O–H groups in total. The predicted octanol–water partition coefficient (Wildman–Crippen LogP) is 3.55. The van der Waals surface area contributed by atoms with Crippen molar-refractivity contribution in [1.82, 2.24) is 5.32 Å². The second kappa shape index (κ2) is 10.4. The minimum Gasteiger partial charge on any atom is -0.485 e. The second-order valence-corrected chi connectivity index (χ2v) is 6.80. The zero-order chi connectivity index (χ0) is 21.3. The average Bonchev–Trinajstić information content (AvgIpc) is 2.78. The molecule has 0 amide bonds. The molecule has 0 saturated heterocycles. The van der Waals surface area contributed by atoms with Crippen molar-refractivity contribution in [2.45, 2.75) is 25.4 Å². The lowest BCUT2D eigenvalue weighted by molar-refractivity contribution is -0.142. The van der Waals surface area contributed by atoms with Crippen LogP contribution in [0.2, 0.25) is 0 Å². The lowest BCUT2D eigenvalue weighted by Gasteiger charge is -2.21. The van der Waals surface area contributed by atoms with Crippen molar-refractivity contribution >= 4 is 5.97 Å². The summed E-state index contributed by atoms with van der Waals surface area (Å²) in [5, 5.41) is 22.4. The summed E-state index contributed by atoms with van der Waals surface area (Å²) in [5.74, 6) is -0.185. The van der Waals surface area contributed by atoms with Gasteiger partial charge in [0.2, 0.25) is 0 Å². The zero-order valence-corrected chi connectivity index (χ0v) is 16.7. The molecule has 2 atom stereocenters. The summed E-state index contributed by atoms with van der Waals surface area (Å²) in [6, 6.07) is 23.3. The van der Waals surface area contributed by atoms with Crippen LogP contribution in [0, 0.1) is 0 Å². The maximum absolute atomic E-state index is 11.4. The number of hydrogen-bond acceptors (Lipinski definition) is 5. The molecule has 0 fully saturated rings. The topological polar surface area (TPSA) is 88.0 Å². The van der Waals surface area contributed by atoms with Gasteiger partial charge in [-0.25, -0.2) is 0 Å². The largest absolute Gasteiger partial charge is 0.485 e. The average molecular weight is 407 g/mol. The lowest BCUT2D eigenvalue weighted by atomic mass is 10.0. The summed E-state index contributed by atoms with van der Waals surface area (Å²) in [6.45, 7) is 0.676. The van der Waals surface area contributed by atoms with E-state index in [1.165, 1.54) is 7.05 Å². The molecule has 0 radical (unpaired) electrons. The van der Waals surface area contributed by atoms with Gasteiger partial charge in [-0.2, -0.15) is 0 Å². The van der Waals surface area contributed by atoms with Crippen LogP contribution in [0.15, 0.2) is 78.9 Å². The van der Waals surface area contributed by atoms with Crippen LogP contribution >= 0.6 is 0 Å². The number of carboxylic acid groups (broad SMARTS) is 1. The maximum Gasteiger partial charge on any atom is 0.323 e. The number of hydrogen-bond donors (Lipinski definition) is 3. The molecular formula is C24H25NO5. The van der Waals surface area contributed by atoms with Crippen LogP contribution in [0.5, 0.6) is 11.5 Å². The molecule has 0 saturated carbocycles. The Morgan fingerprint density at radius 2 is 1.40 bits per heavy atom. The molecule has 30 heavy (non-hydrogen) atoms. The third kappa shape index (κ3) is 5.59. The van der Waals surface area contributed by atoms with Crippen molar-refractivity contribution in [1.29, 1.82) is 0 Å². The highest BCUT2D eigenvalue weighted by molar-refractivity contribution is 5.74. The Morgan fingerprint density at radius 1 is 0.867 bits per heavy atom. The van der Waals surface area contributed by atoms with Crippen LogP contribution in [0.4, 0.5) is 0 Å². The van der Waals surface area contributed by atoms with E-state index in [0.29, 0.717) is 30.3 Å². The smallest absolute Gasteiger partial charge is 0.323 e. The van der Waals surface area contributed by atoms with Crippen LogP contribution in [0.1, 0.15) is 22.8 Å². The van der Waals surface area contributed by atoms with Crippen LogP contribution in [0.25, 0.3) is 0 Å². The van der Waals surface area contributed by atoms with Crippen LogP contribution in [-0.4, -0.2) is 29.3 Å². The van der Waals surface area contributed by atoms with Gasteiger partial charge in [0.1, 0.15) is 25.4 Å². The van der Waals surface area contributed by atoms with Gasteiger partial charge in [0.05, 0.1) is 0 Å². The van der Waals surface area contributed by atoms with Crippen molar-refractivity contribution in [3.05, 3.63) is 95.6 Å². The van der Waals surface area contributed by atoms with Gasteiger partial charge in [-0.15, -0.1) is 0 Å². The van der Waals surface area contributed by atoms with Gasteiger partial charge in [0, 0.05) is 0 Å². The van der Waals surface area contributed by atoms with Gasteiger partial charge in [-0.1, -0.05) is 66.7 Å². The number of likely N-dealkylation sites (N-methyl/N-ethyl adjacent to an activating group) is 1. The minimum atomic E-state index is -1.24. The molecular weight excluding hydrogens is 382 g/mol. The lowest BCUT2D eigenvalue weighted by Crippen LogP contribution is -2.39. The maximum atomic E-state index is 11.4. The summed E-state index contributed by atoms with van der Waals surface area (Å²) >= 11 is 0. The first kappa shape index (κ1) is 21.4. The highest BCUT2D eigenvalue weighted by Crippen LogP contribution is 2.33. The molecule has 0 aromatic heterocycles. The van der Waals surface area contributed by atoms with Crippen molar-refractivity contribution in [3.8, 4) is 11.5 Å². The van der Waals surface area contributed by atoms with E-state index in [2.05, 4.69) is 5.32 Å². The Morgan fingerprint density at radius 3 is 1.90 bits per heavy atom. The van der Waals surface area contributed by atoms with Gasteiger partial charge >= 0.3 is 5.97 Å². The first-order valence-electron chi connectivity index (χ1n) is 9.64. The van der Waals surface area contributed by atoms with Crippen molar-refractivity contribution in [2.75, 3.05) is 7.05 Å². The fourth-order valence-corrected chi connectivity index (χ4v) is 3.02. The molecule has 3 aromatic rings. The molecule has 1 unspecified atom stereocenters. The third-order valence-corrected chi connectivity index (χ3v) is 4.68. The van der Waals surface area contributed by atoms with E-state index in [4.69, 9.17) is 9.47 Å². The normalized spacial score (nSPS) is 12.7. The number of carbonyl (C=O) groups is 1. The SMILES string of the molecule is CN[C@H](C(=O)O)C(O)c1ccc(OCc2ccccc2)c(OCc2ccccc2)c1. The summed E-state index contributed by atoms with van der Waals surface area (Å²) in [4.78, 5) is 11.4. The fourth-order valence-electron chi connectivity index (χ4n) is 3.02. The van der Waals surface area contributed by atoms with Crippen molar-refractivity contribution < 1.29 is 24.5 Å². The van der Waals surface area contributed by atoms with Gasteiger partial charge in [0.25, 0.3) is 0 Å². The van der Waals surface area contributed by atoms with Gasteiger partial charge in [0.15, 0.2) is 11.5 Å². The van der Waals surface area contributed by atoms with E-state index in [9.17, 15) is 15.0 Å². The number of ether oxygens (including phenoxy) is 2. The molecule has 3 aromatic carbocycles. The molecule has 0 aliphatic rings. The van der Waals surface area contributed by atoms with E-state index in [1.54, 1.807) is 18.2 Å². The van der Waals surface area contributed by atoms with Crippen LogP contribution < -0.4 is 14.8 Å². The monoisotopic (exact) mass is 407 g/mol. The molecule has 156 valence electrons. The van der Waals surface area contributed by atoms with E-state index >= 15 is 0 Å². The molecule has 0 bridgehead atoms. The van der Waals surface area contributed by atoms with E-state index < -0.39 is 18.1 Å². The summed E-state index contributed by atoms with van der Waals surface area (Å²) < 4.78 is 11.9. The molecule has 0 aliphatic carbocycles. The van der Waals surface area contributed by atoms with Crippen LogP contribution in [-0.2, 0) is 18.0 Å². The quantitative estimate of drug-likeness (QED) is 0.476. The first-order valence-corrected chi connectivity index (χ1v) is 9.64. The highest BCUT2D eigenvalue weighted by atomic mass is 16.5. The van der Waals surface area contributed by atoms with Crippen molar-refractivity contribution in [2.24, 2.45) is 0 Å². The molecule has 0 spiro atoms. The number of aliphatic carboxylic acids is 1. The van der Waals surface area contributed by atoms with Crippen molar-refractivity contribution in [3.63, 3.8) is 0 Å². The molecule has 3 rings (SSSR count). The Kier molecular flexibility index (Phi) is 7.43. The van der Waals surface area contributed by atoms with Gasteiger partial charge in [-0.05, 0) is 35.9 Å². The number of nitrogens with one attached hydrogen (secondary N) is 1. The zero-order valence-electron chi connectivity index (χ0n) is 16.7. The second-order valence-electron chi connectivity index (χ2n) is 6.80. The van der Waals surface area contributed by atoms with Gasteiger partial charge < -0.3 is 25.0 Å². The number of benzene rings is 3. The summed E-state index contributed by atoms with van der Waals surface area (Å²) in [7, 11) is 1.49. The predicted molar refractivity (Wildman–Crippen MR) is 113 cm³/mol. The summed E-state index contributed by atoms with van der Waals surface area (Å²) in [6.07, 6.45) is -1.24. The van der Waals surface area contributed by atoms with Crippen LogP contribution in [0.3, 0.4) is 0 Å². The Hall–Kier alpha value is -3.35. The highest BCUT2D eigenvalue weighted by Gasteiger charge is 2.27. The Labute approximate surface area is 175 Å².